The number of nitrogens with one attached hydrogen (secondary N) is 1. The Morgan fingerprint density at radius 2 is 2.00 bits per heavy atom. The molecule has 0 aliphatic heterocycles. The number of benzene rings is 1. The van der Waals surface area contributed by atoms with Crippen molar-refractivity contribution in [3.8, 4) is 5.75 Å². The molecule has 1 atom stereocenters. The topological polar surface area (TPSA) is 34.1 Å². The van der Waals surface area contributed by atoms with Gasteiger partial charge in [0.2, 0.25) is 0 Å². The Morgan fingerprint density at radius 1 is 1.21 bits per heavy atom. The maximum atomic E-state index is 5.50. The van der Waals surface area contributed by atoms with Crippen molar-refractivity contribution in [2.75, 3.05) is 6.61 Å². The molecule has 1 heterocycles. The zero-order valence-corrected chi connectivity index (χ0v) is 11.5. The predicted octanol–water partition coefficient (Wildman–Crippen LogP) is 3.33. The lowest BCUT2D eigenvalue weighted by Crippen LogP contribution is -2.18. The van der Waals surface area contributed by atoms with Gasteiger partial charge in [0.25, 0.3) is 0 Å². The molecule has 1 N–H and O–H groups in total. The van der Waals surface area contributed by atoms with Crippen molar-refractivity contribution in [2.24, 2.45) is 0 Å². The highest BCUT2D eigenvalue weighted by Gasteiger charge is 2.04. The lowest BCUT2D eigenvalue weighted by atomic mass is 10.1. The van der Waals surface area contributed by atoms with Gasteiger partial charge in [-0.05, 0) is 49.2 Å². The van der Waals surface area contributed by atoms with E-state index in [9.17, 15) is 0 Å². The molecule has 2 aromatic rings. The highest BCUT2D eigenvalue weighted by atomic mass is 16.5. The second kappa shape index (κ2) is 6.90. The average molecular weight is 256 g/mol. The zero-order valence-electron chi connectivity index (χ0n) is 11.5. The minimum absolute atomic E-state index is 0.304. The maximum Gasteiger partial charge on any atom is 0.119 e. The van der Waals surface area contributed by atoms with E-state index in [1.54, 1.807) is 0 Å². The fourth-order valence-electron chi connectivity index (χ4n) is 1.95. The zero-order chi connectivity index (χ0) is 13.5. The fraction of sp³-hybridized carbons (Fsp3) is 0.312. The van der Waals surface area contributed by atoms with Gasteiger partial charge in [-0.2, -0.15) is 0 Å². The largest absolute Gasteiger partial charge is 0.494 e. The Morgan fingerprint density at radius 3 is 2.74 bits per heavy atom. The van der Waals surface area contributed by atoms with Crippen LogP contribution in [0, 0.1) is 0 Å². The Kier molecular flexibility index (Phi) is 4.93. The smallest absolute Gasteiger partial charge is 0.119 e. The lowest BCUT2D eigenvalue weighted by Gasteiger charge is -2.14. The van der Waals surface area contributed by atoms with Crippen LogP contribution in [0.15, 0.2) is 48.8 Å². The van der Waals surface area contributed by atoms with E-state index in [1.807, 2.05) is 43.6 Å². The van der Waals surface area contributed by atoms with Crippen LogP contribution in [0.1, 0.15) is 31.0 Å². The number of hydrogen-bond donors (Lipinski definition) is 1. The van der Waals surface area contributed by atoms with Crippen LogP contribution in [-0.4, -0.2) is 11.6 Å². The molecule has 0 aliphatic rings. The second-order valence-corrected chi connectivity index (χ2v) is 4.46. The van der Waals surface area contributed by atoms with E-state index in [2.05, 4.69) is 29.4 Å². The summed E-state index contributed by atoms with van der Waals surface area (Å²) in [5.74, 6) is 0.929. The molecule has 0 saturated carbocycles. The lowest BCUT2D eigenvalue weighted by molar-refractivity contribution is 0.339. The predicted molar refractivity (Wildman–Crippen MR) is 77.1 cm³/mol. The summed E-state index contributed by atoms with van der Waals surface area (Å²) < 4.78 is 5.50. The molecule has 2 rings (SSSR count). The van der Waals surface area contributed by atoms with Gasteiger partial charge in [0.1, 0.15) is 5.75 Å². The summed E-state index contributed by atoms with van der Waals surface area (Å²) in [6.07, 6.45) is 3.65. The highest BCUT2D eigenvalue weighted by molar-refractivity contribution is 5.28. The van der Waals surface area contributed by atoms with Crippen molar-refractivity contribution in [1.29, 1.82) is 0 Å². The molecular weight excluding hydrogens is 236 g/mol. The van der Waals surface area contributed by atoms with Gasteiger partial charge in [-0.1, -0.05) is 12.1 Å². The van der Waals surface area contributed by atoms with Crippen molar-refractivity contribution in [3.05, 3.63) is 59.9 Å². The van der Waals surface area contributed by atoms with Gasteiger partial charge in [0.15, 0.2) is 0 Å². The molecule has 0 bridgehead atoms. The van der Waals surface area contributed by atoms with Crippen LogP contribution in [0.25, 0.3) is 0 Å². The summed E-state index contributed by atoms with van der Waals surface area (Å²) in [6.45, 7) is 5.67. The Balaban J connectivity index is 1.93. The minimum atomic E-state index is 0.304. The van der Waals surface area contributed by atoms with Crippen LogP contribution < -0.4 is 10.1 Å². The Labute approximate surface area is 114 Å². The Bertz CT molecular complexity index is 499. The molecule has 1 aromatic heterocycles. The number of nitrogens with zero attached hydrogens (tertiary/aromatic N) is 1. The Hall–Kier alpha value is -1.87. The molecule has 0 saturated heterocycles. The number of hydrogen-bond acceptors (Lipinski definition) is 3. The van der Waals surface area contributed by atoms with Crippen LogP contribution in [0.4, 0.5) is 0 Å². The summed E-state index contributed by atoms with van der Waals surface area (Å²) in [5.41, 5.74) is 2.47. The van der Waals surface area contributed by atoms with Crippen molar-refractivity contribution in [3.63, 3.8) is 0 Å². The third-order valence-corrected chi connectivity index (χ3v) is 3.03. The molecule has 0 unspecified atom stereocenters. The number of ether oxygens (including phenoxy) is 1. The molecule has 0 amide bonds. The van der Waals surface area contributed by atoms with E-state index in [-0.39, 0.29) is 0 Å². The van der Waals surface area contributed by atoms with Gasteiger partial charge in [-0.3, -0.25) is 4.98 Å². The second-order valence-electron chi connectivity index (χ2n) is 4.46. The molecule has 1 aromatic carbocycles. The summed E-state index contributed by atoms with van der Waals surface area (Å²) >= 11 is 0. The molecule has 0 aliphatic carbocycles. The monoisotopic (exact) mass is 256 g/mol. The molecule has 0 fully saturated rings. The molecule has 19 heavy (non-hydrogen) atoms. The first-order valence-corrected chi connectivity index (χ1v) is 6.64. The maximum absolute atomic E-state index is 5.50. The summed E-state index contributed by atoms with van der Waals surface area (Å²) in [4.78, 5) is 4.03. The van der Waals surface area contributed by atoms with Gasteiger partial charge in [0.05, 0.1) is 6.61 Å². The molecular formula is C16H20N2O. The molecule has 0 spiro atoms. The fourth-order valence-corrected chi connectivity index (χ4v) is 1.95. The van der Waals surface area contributed by atoms with Gasteiger partial charge in [0, 0.05) is 25.0 Å². The average Bonchev–Trinajstić information content (AvgIpc) is 2.46. The van der Waals surface area contributed by atoms with E-state index < -0.39 is 0 Å². The minimum Gasteiger partial charge on any atom is -0.494 e. The summed E-state index contributed by atoms with van der Waals surface area (Å²) in [5, 5.41) is 3.50. The first-order valence-electron chi connectivity index (χ1n) is 6.64. The van der Waals surface area contributed by atoms with Crippen molar-refractivity contribution in [2.45, 2.75) is 26.4 Å². The van der Waals surface area contributed by atoms with Gasteiger partial charge >= 0.3 is 0 Å². The molecule has 3 heteroatoms. The first kappa shape index (κ1) is 13.6. The molecule has 3 nitrogen and oxygen atoms in total. The third-order valence-electron chi connectivity index (χ3n) is 3.03. The molecule has 100 valence electrons. The van der Waals surface area contributed by atoms with Crippen molar-refractivity contribution < 1.29 is 4.74 Å². The van der Waals surface area contributed by atoms with Gasteiger partial charge < -0.3 is 10.1 Å². The van der Waals surface area contributed by atoms with Crippen LogP contribution in [0.3, 0.4) is 0 Å². The number of rotatable bonds is 6. The highest BCUT2D eigenvalue weighted by Crippen LogP contribution is 2.15. The van der Waals surface area contributed by atoms with Crippen LogP contribution in [0.2, 0.25) is 0 Å². The van der Waals surface area contributed by atoms with Gasteiger partial charge in [-0.15, -0.1) is 0 Å². The standard InChI is InChI=1S/C16H20N2O/c1-3-19-16-6-4-5-14(11-16)12-18-13(2)15-7-9-17-10-8-15/h4-11,13,18H,3,12H2,1-2H3/t13-/m1/s1. The quantitative estimate of drug-likeness (QED) is 0.860. The first-order chi connectivity index (χ1) is 9.29. The van der Waals surface area contributed by atoms with E-state index in [4.69, 9.17) is 4.74 Å². The van der Waals surface area contributed by atoms with Crippen molar-refractivity contribution in [1.82, 2.24) is 10.3 Å². The number of pyridine rings is 1. The van der Waals surface area contributed by atoms with E-state index in [1.165, 1.54) is 11.1 Å². The van der Waals surface area contributed by atoms with Crippen LogP contribution >= 0.6 is 0 Å². The number of aromatic nitrogens is 1. The van der Waals surface area contributed by atoms with E-state index in [0.717, 1.165) is 12.3 Å². The van der Waals surface area contributed by atoms with Crippen LogP contribution in [-0.2, 0) is 6.54 Å². The van der Waals surface area contributed by atoms with Crippen molar-refractivity contribution >= 4 is 0 Å². The summed E-state index contributed by atoms with van der Waals surface area (Å²) in [7, 11) is 0. The summed E-state index contributed by atoms with van der Waals surface area (Å²) in [6, 6.07) is 12.6. The van der Waals surface area contributed by atoms with E-state index in [0.29, 0.717) is 12.6 Å². The SMILES string of the molecule is CCOc1cccc(CN[C@H](C)c2ccncc2)c1. The third kappa shape index (κ3) is 4.07. The van der Waals surface area contributed by atoms with Gasteiger partial charge in [-0.25, -0.2) is 0 Å². The van der Waals surface area contributed by atoms with Crippen LogP contribution in [0.5, 0.6) is 5.75 Å². The normalized spacial score (nSPS) is 12.1. The van der Waals surface area contributed by atoms with E-state index >= 15 is 0 Å². The molecule has 0 radical (unpaired) electrons.